The van der Waals surface area contributed by atoms with E-state index in [2.05, 4.69) is 28.8 Å². The molecule has 1 atom stereocenters. The van der Waals surface area contributed by atoms with Crippen molar-refractivity contribution in [3.05, 3.63) is 107 Å². The molecule has 1 heterocycles. The molecule has 152 valence electrons. The van der Waals surface area contributed by atoms with Crippen LogP contribution in [0.3, 0.4) is 0 Å². The molecule has 30 heavy (non-hydrogen) atoms. The largest absolute Gasteiger partial charge is 0.497 e. The first-order valence-electron chi connectivity index (χ1n) is 9.80. The van der Waals surface area contributed by atoms with Gasteiger partial charge in [0.2, 0.25) is 0 Å². The number of aliphatic hydroxyl groups excluding tert-OH is 1. The topological polar surface area (TPSA) is 47.3 Å². The zero-order chi connectivity index (χ0) is 20.9. The summed E-state index contributed by atoms with van der Waals surface area (Å²) in [7, 11) is 3.65. The van der Waals surface area contributed by atoms with Crippen molar-refractivity contribution < 1.29 is 9.84 Å². The Hall–Kier alpha value is -3.02. The van der Waals surface area contributed by atoms with Gasteiger partial charge in [-0.1, -0.05) is 72.4 Å². The van der Waals surface area contributed by atoms with E-state index in [4.69, 9.17) is 9.72 Å². The number of imidazole rings is 1. The summed E-state index contributed by atoms with van der Waals surface area (Å²) in [6.45, 7) is 0. The monoisotopic (exact) mass is 416 g/mol. The Balaban J connectivity index is 1.73. The maximum absolute atomic E-state index is 11.2. The van der Waals surface area contributed by atoms with Gasteiger partial charge in [0.15, 0.2) is 5.16 Å². The van der Waals surface area contributed by atoms with E-state index in [0.717, 1.165) is 27.1 Å². The third-order valence-electron chi connectivity index (χ3n) is 5.06. The van der Waals surface area contributed by atoms with E-state index < -0.39 is 6.10 Å². The Bertz CT molecular complexity index is 1090. The fourth-order valence-corrected chi connectivity index (χ4v) is 4.27. The third-order valence-corrected chi connectivity index (χ3v) is 6.12. The first kappa shape index (κ1) is 20.3. The normalized spacial score (nSPS) is 12.0. The molecule has 4 nitrogen and oxygen atoms in total. The predicted octanol–water partition coefficient (Wildman–Crippen LogP) is 5.25. The molecule has 0 aliphatic carbocycles. The van der Waals surface area contributed by atoms with Gasteiger partial charge in [0, 0.05) is 24.1 Å². The summed E-state index contributed by atoms with van der Waals surface area (Å²) in [4.78, 5) is 5.98. The molecule has 0 aliphatic heterocycles. The number of nitrogens with zero attached hydrogens (tertiary/aromatic N) is 2. The Labute approximate surface area is 181 Å². The van der Waals surface area contributed by atoms with Crippen LogP contribution in [0.2, 0.25) is 0 Å². The Morgan fingerprint density at radius 3 is 2.20 bits per heavy atom. The van der Waals surface area contributed by atoms with Gasteiger partial charge in [-0.2, -0.15) is 0 Å². The summed E-state index contributed by atoms with van der Waals surface area (Å²) in [6.07, 6.45) is -0.117. The van der Waals surface area contributed by atoms with Crippen LogP contribution in [-0.2, 0) is 13.5 Å². The van der Waals surface area contributed by atoms with E-state index in [9.17, 15) is 5.11 Å². The molecule has 4 aromatic rings. The first-order chi connectivity index (χ1) is 14.7. The van der Waals surface area contributed by atoms with Crippen molar-refractivity contribution in [2.75, 3.05) is 7.11 Å². The van der Waals surface area contributed by atoms with Crippen molar-refractivity contribution in [3.8, 4) is 5.75 Å². The summed E-state index contributed by atoms with van der Waals surface area (Å²) in [5.41, 5.74) is 3.66. The molecular weight excluding hydrogens is 392 g/mol. The average Bonchev–Trinajstić information content (AvgIpc) is 3.10. The molecule has 3 aromatic carbocycles. The van der Waals surface area contributed by atoms with Gasteiger partial charge in [0.25, 0.3) is 0 Å². The van der Waals surface area contributed by atoms with Gasteiger partial charge < -0.3 is 14.4 Å². The summed E-state index contributed by atoms with van der Waals surface area (Å²) < 4.78 is 7.33. The van der Waals surface area contributed by atoms with E-state index in [1.54, 1.807) is 18.9 Å². The Kier molecular flexibility index (Phi) is 6.21. The minimum atomic E-state index is -0.814. The van der Waals surface area contributed by atoms with Crippen LogP contribution in [0.25, 0.3) is 0 Å². The fraction of sp³-hybridized carbons (Fsp3) is 0.160. The molecule has 0 aliphatic rings. The van der Waals surface area contributed by atoms with Crippen LogP contribution >= 0.6 is 11.8 Å². The molecule has 0 saturated carbocycles. The Morgan fingerprint density at radius 2 is 1.57 bits per heavy atom. The molecule has 1 N–H and O–H groups in total. The lowest BCUT2D eigenvalue weighted by atomic mass is 10.0. The van der Waals surface area contributed by atoms with Gasteiger partial charge in [-0.3, -0.25) is 0 Å². The SMILES string of the molecule is COc1ccc(C(O)c2nc(Sc3ccccc3)n(C)c2Cc2ccccc2)cc1. The summed E-state index contributed by atoms with van der Waals surface area (Å²) in [5, 5.41) is 12.0. The standard InChI is InChI=1S/C25H24N2O2S/c1-27-22(17-18-9-5-3-6-10-18)23(24(28)19-13-15-20(29-2)16-14-19)26-25(27)30-21-11-7-4-8-12-21/h3-16,24,28H,17H2,1-2H3. The van der Waals surface area contributed by atoms with Crippen LogP contribution in [0.5, 0.6) is 5.75 Å². The van der Waals surface area contributed by atoms with Gasteiger partial charge in [0.1, 0.15) is 11.9 Å². The van der Waals surface area contributed by atoms with E-state index in [0.29, 0.717) is 12.1 Å². The average molecular weight is 417 g/mol. The molecule has 1 aromatic heterocycles. The number of hydrogen-bond donors (Lipinski definition) is 1. The van der Waals surface area contributed by atoms with Gasteiger partial charge >= 0.3 is 0 Å². The molecule has 4 rings (SSSR count). The molecule has 1 unspecified atom stereocenters. The summed E-state index contributed by atoms with van der Waals surface area (Å²) >= 11 is 1.60. The van der Waals surface area contributed by atoms with E-state index in [-0.39, 0.29) is 0 Å². The first-order valence-corrected chi connectivity index (χ1v) is 10.6. The highest BCUT2D eigenvalue weighted by molar-refractivity contribution is 7.99. The Morgan fingerprint density at radius 1 is 0.933 bits per heavy atom. The van der Waals surface area contributed by atoms with Crippen LogP contribution in [0, 0.1) is 0 Å². The molecule has 0 bridgehead atoms. The second-order valence-corrected chi connectivity index (χ2v) is 8.08. The number of methoxy groups -OCH3 is 1. The summed E-state index contributed by atoms with van der Waals surface area (Å²) in [5.74, 6) is 0.761. The predicted molar refractivity (Wildman–Crippen MR) is 120 cm³/mol. The van der Waals surface area contributed by atoms with E-state index in [1.807, 2.05) is 67.7 Å². The van der Waals surface area contributed by atoms with Crippen molar-refractivity contribution in [3.63, 3.8) is 0 Å². The zero-order valence-corrected chi connectivity index (χ0v) is 17.8. The number of aromatic nitrogens is 2. The quantitative estimate of drug-likeness (QED) is 0.447. The van der Waals surface area contributed by atoms with Crippen molar-refractivity contribution >= 4 is 11.8 Å². The lowest BCUT2D eigenvalue weighted by Gasteiger charge is -2.13. The van der Waals surface area contributed by atoms with Crippen molar-refractivity contribution in [1.82, 2.24) is 9.55 Å². The molecule has 0 spiro atoms. The lowest BCUT2D eigenvalue weighted by Crippen LogP contribution is -2.07. The highest BCUT2D eigenvalue weighted by Crippen LogP contribution is 2.33. The van der Waals surface area contributed by atoms with Crippen molar-refractivity contribution in [2.24, 2.45) is 7.05 Å². The van der Waals surface area contributed by atoms with Crippen LogP contribution in [0.1, 0.15) is 28.6 Å². The smallest absolute Gasteiger partial charge is 0.173 e. The van der Waals surface area contributed by atoms with E-state index in [1.165, 1.54) is 5.56 Å². The summed E-state index contributed by atoms with van der Waals surface area (Å²) in [6, 6.07) is 27.9. The number of aliphatic hydroxyl groups is 1. The second kappa shape index (κ2) is 9.20. The van der Waals surface area contributed by atoms with Crippen molar-refractivity contribution in [1.29, 1.82) is 0 Å². The molecule has 0 amide bonds. The van der Waals surface area contributed by atoms with Crippen LogP contribution in [0.4, 0.5) is 0 Å². The van der Waals surface area contributed by atoms with Gasteiger partial charge in [0.05, 0.1) is 12.8 Å². The maximum atomic E-state index is 11.2. The number of benzene rings is 3. The van der Waals surface area contributed by atoms with Crippen LogP contribution in [0.15, 0.2) is 95.0 Å². The number of ether oxygens (including phenoxy) is 1. The highest BCUT2D eigenvalue weighted by atomic mass is 32.2. The number of hydrogen-bond acceptors (Lipinski definition) is 4. The highest BCUT2D eigenvalue weighted by Gasteiger charge is 2.23. The van der Waals surface area contributed by atoms with Crippen molar-refractivity contribution in [2.45, 2.75) is 22.6 Å². The fourth-order valence-electron chi connectivity index (χ4n) is 3.38. The van der Waals surface area contributed by atoms with Gasteiger partial charge in [-0.15, -0.1) is 0 Å². The maximum Gasteiger partial charge on any atom is 0.173 e. The minimum absolute atomic E-state index is 0.685. The number of rotatable bonds is 7. The minimum Gasteiger partial charge on any atom is -0.497 e. The molecular formula is C25H24N2O2S. The van der Waals surface area contributed by atoms with Gasteiger partial charge in [-0.05, 0) is 35.4 Å². The van der Waals surface area contributed by atoms with Crippen LogP contribution in [-0.4, -0.2) is 21.8 Å². The zero-order valence-electron chi connectivity index (χ0n) is 17.0. The van der Waals surface area contributed by atoms with Crippen LogP contribution < -0.4 is 4.74 Å². The molecule has 0 radical (unpaired) electrons. The third kappa shape index (κ3) is 4.42. The van der Waals surface area contributed by atoms with E-state index >= 15 is 0 Å². The molecule has 5 heteroatoms. The lowest BCUT2D eigenvalue weighted by molar-refractivity contribution is 0.214. The molecule has 0 fully saturated rings. The van der Waals surface area contributed by atoms with Gasteiger partial charge in [-0.25, -0.2) is 4.98 Å². The molecule has 0 saturated heterocycles. The second-order valence-electron chi connectivity index (χ2n) is 7.04.